The van der Waals surface area contributed by atoms with Gasteiger partial charge in [0.1, 0.15) is 23.0 Å². The number of benzene rings is 7. The third kappa shape index (κ3) is 4.00. The van der Waals surface area contributed by atoms with Gasteiger partial charge in [-0.3, -0.25) is 4.98 Å². The normalized spacial score (nSPS) is 13.5. The average molecular weight is 667 g/mol. The molecule has 11 rings (SSSR count). The Morgan fingerprint density at radius 1 is 0.442 bits per heavy atom. The van der Waals surface area contributed by atoms with Crippen LogP contribution in [0.15, 0.2) is 182 Å². The van der Waals surface area contributed by atoms with Gasteiger partial charge in [-0.2, -0.15) is 0 Å². The predicted molar refractivity (Wildman–Crippen MR) is 208 cm³/mol. The third-order valence-corrected chi connectivity index (χ3v) is 10.8. The molecule has 0 saturated carbocycles. The molecule has 0 unspecified atom stereocenters. The molecule has 52 heavy (non-hydrogen) atoms. The third-order valence-electron chi connectivity index (χ3n) is 10.8. The molecule has 2 aromatic heterocycles. The fraction of sp³-hybridized carbons (Fsp3) is 0.0208. The topological polar surface area (TPSA) is 36.3 Å². The highest BCUT2D eigenvalue weighted by molar-refractivity contribution is 6.13. The summed E-state index contributed by atoms with van der Waals surface area (Å²) in [5, 5.41) is 2.45. The van der Waals surface area contributed by atoms with E-state index in [1.54, 1.807) is 0 Å². The first-order valence-corrected chi connectivity index (χ1v) is 17.6. The Balaban J connectivity index is 1.23. The number of nitrogens with zero attached hydrogens (tertiary/aromatic N) is 2. The van der Waals surface area contributed by atoms with Crippen molar-refractivity contribution in [3.63, 3.8) is 0 Å². The predicted octanol–water partition coefficient (Wildman–Crippen LogP) is 12.1. The van der Waals surface area contributed by atoms with E-state index >= 15 is 0 Å². The van der Waals surface area contributed by atoms with Crippen molar-refractivity contribution < 1.29 is 9.47 Å². The lowest BCUT2D eigenvalue weighted by molar-refractivity contribution is 0.399. The maximum absolute atomic E-state index is 6.94. The standard InChI is InChI=1S/C48H30N2O2/c1-2-13-33(14-3-1)50-42-21-7-4-15-35(42)36-17-12-16-34(47(36)50)31-25-27-45-40(29-31)48(37-18-5-8-22-43(37)51-44-23-9-6-19-38(44)48)39-26-24-32(30-46(39)52-45)41-20-10-11-28-49-41/h1-30H. The fourth-order valence-electron chi connectivity index (χ4n) is 8.62. The number of aromatic nitrogens is 2. The van der Waals surface area contributed by atoms with Gasteiger partial charge in [-0.05, 0) is 66.2 Å². The Morgan fingerprint density at radius 2 is 1.10 bits per heavy atom. The number of para-hydroxylation sites is 5. The van der Waals surface area contributed by atoms with E-state index < -0.39 is 5.41 Å². The van der Waals surface area contributed by atoms with Crippen LogP contribution in [-0.2, 0) is 5.41 Å². The maximum atomic E-state index is 6.94. The van der Waals surface area contributed by atoms with E-state index in [0.29, 0.717) is 0 Å². The summed E-state index contributed by atoms with van der Waals surface area (Å²) in [6.45, 7) is 0. The first kappa shape index (κ1) is 28.9. The van der Waals surface area contributed by atoms with Crippen LogP contribution in [0.5, 0.6) is 23.0 Å². The Morgan fingerprint density at radius 3 is 1.90 bits per heavy atom. The molecule has 7 aromatic carbocycles. The number of ether oxygens (including phenoxy) is 2. The fourth-order valence-corrected chi connectivity index (χ4v) is 8.62. The van der Waals surface area contributed by atoms with Gasteiger partial charge in [0.2, 0.25) is 0 Å². The molecule has 0 radical (unpaired) electrons. The Bertz CT molecular complexity index is 2810. The molecule has 1 spiro atoms. The van der Waals surface area contributed by atoms with Crippen molar-refractivity contribution in [1.82, 2.24) is 9.55 Å². The molecule has 9 aromatic rings. The van der Waals surface area contributed by atoms with E-state index in [2.05, 4.69) is 155 Å². The van der Waals surface area contributed by atoms with E-state index in [1.165, 1.54) is 21.8 Å². The highest BCUT2D eigenvalue weighted by Crippen LogP contribution is 2.62. The molecule has 4 heteroatoms. The van der Waals surface area contributed by atoms with E-state index in [9.17, 15) is 0 Å². The first-order chi connectivity index (χ1) is 25.8. The molecule has 2 aliphatic heterocycles. The summed E-state index contributed by atoms with van der Waals surface area (Å²) in [5.41, 5.74) is 11.2. The monoisotopic (exact) mass is 666 g/mol. The first-order valence-electron chi connectivity index (χ1n) is 17.6. The minimum atomic E-state index is -0.715. The van der Waals surface area contributed by atoms with E-state index in [0.717, 1.165) is 73.3 Å². The van der Waals surface area contributed by atoms with E-state index in [-0.39, 0.29) is 0 Å². The summed E-state index contributed by atoms with van der Waals surface area (Å²) in [7, 11) is 0. The molecule has 0 saturated heterocycles. The number of pyridine rings is 1. The van der Waals surface area contributed by atoms with Crippen molar-refractivity contribution in [1.29, 1.82) is 0 Å². The molecule has 244 valence electrons. The van der Waals surface area contributed by atoms with Crippen LogP contribution in [0.4, 0.5) is 0 Å². The zero-order valence-electron chi connectivity index (χ0n) is 28.0. The van der Waals surface area contributed by atoms with Crippen molar-refractivity contribution in [3.05, 3.63) is 204 Å². The minimum absolute atomic E-state index is 0.715. The Hall–Kier alpha value is -6.91. The van der Waals surface area contributed by atoms with Crippen molar-refractivity contribution in [3.8, 4) is 51.1 Å². The number of rotatable bonds is 3. The highest BCUT2D eigenvalue weighted by atomic mass is 16.5. The Labute approximate surface area is 300 Å². The van der Waals surface area contributed by atoms with Gasteiger partial charge < -0.3 is 14.0 Å². The maximum Gasteiger partial charge on any atom is 0.132 e. The zero-order chi connectivity index (χ0) is 34.2. The van der Waals surface area contributed by atoms with Crippen molar-refractivity contribution in [2.24, 2.45) is 0 Å². The number of fused-ring (bicyclic) bond motifs is 11. The summed E-state index contributed by atoms with van der Waals surface area (Å²) in [6.07, 6.45) is 1.83. The Kier molecular flexibility index (Phi) is 6.13. The van der Waals surface area contributed by atoms with Gasteiger partial charge in [0.05, 0.1) is 22.1 Å². The van der Waals surface area contributed by atoms with Crippen molar-refractivity contribution >= 4 is 21.8 Å². The van der Waals surface area contributed by atoms with Crippen molar-refractivity contribution in [2.45, 2.75) is 5.41 Å². The SMILES string of the molecule is c1ccc(-n2c3ccccc3c3cccc(-c4ccc5c(c4)C4(c6ccccc6Oc6ccccc64)c4ccc(-c6ccccn6)cc4O5)c32)cc1. The van der Waals surface area contributed by atoms with Crippen LogP contribution in [0.3, 0.4) is 0 Å². The molecule has 0 amide bonds. The van der Waals surface area contributed by atoms with Crippen LogP contribution in [0.1, 0.15) is 22.3 Å². The molecule has 4 heterocycles. The molecule has 4 nitrogen and oxygen atoms in total. The second-order valence-corrected chi connectivity index (χ2v) is 13.5. The van der Waals surface area contributed by atoms with Crippen LogP contribution in [0.25, 0.3) is 49.9 Å². The lowest BCUT2D eigenvalue weighted by atomic mass is 9.62. The average Bonchev–Trinajstić information content (AvgIpc) is 3.56. The molecule has 0 N–H and O–H groups in total. The van der Waals surface area contributed by atoms with Gasteiger partial charge in [-0.1, -0.05) is 115 Å². The largest absolute Gasteiger partial charge is 0.457 e. The molecule has 0 bridgehead atoms. The van der Waals surface area contributed by atoms with Crippen LogP contribution in [0.2, 0.25) is 0 Å². The van der Waals surface area contributed by atoms with E-state index in [4.69, 9.17) is 9.47 Å². The zero-order valence-corrected chi connectivity index (χ0v) is 28.0. The molecule has 0 atom stereocenters. The van der Waals surface area contributed by atoms with Gasteiger partial charge in [-0.25, -0.2) is 0 Å². The number of hydrogen-bond donors (Lipinski definition) is 0. The van der Waals surface area contributed by atoms with Gasteiger partial charge in [0.15, 0.2) is 0 Å². The molecular formula is C48H30N2O2. The molecule has 0 aliphatic carbocycles. The van der Waals surface area contributed by atoms with Crippen LogP contribution >= 0.6 is 0 Å². The van der Waals surface area contributed by atoms with E-state index in [1.807, 2.05) is 36.5 Å². The molecule has 0 fully saturated rings. The minimum Gasteiger partial charge on any atom is -0.457 e. The summed E-state index contributed by atoms with van der Waals surface area (Å²) < 4.78 is 16.0. The van der Waals surface area contributed by atoms with Gasteiger partial charge >= 0.3 is 0 Å². The summed E-state index contributed by atoms with van der Waals surface area (Å²) in [6, 6.07) is 62.1. The van der Waals surface area contributed by atoms with Crippen molar-refractivity contribution in [2.75, 3.05) is 0 Å². The molecule has 2 aliphatic rings. The lowest BCUT2D eigenvalue weighted by Crippen LogP contribution is -2.36. The van der Waals surface area contributed by atoms with Crippen LogP contribution < -0.4 is 9.47 Å². The number of hydrogen-bond acceptors (Lipinski definition) is 3. The van der Waals surface area contributed by atoms with Gasteiger partial charge in [-0.15, -0.1) is 0 Å². The van der Waals surface area contributed by atoms with Gasteiger partial charge in [0, 0.05) is 56.0 Å². The lowest BCUT2D eigenvalue weighted by Gasteiger charge is -2.45. The second-order valence-electron chi connectivity index (χ2n) is 13.5. The summed E-state index contributed by atoms with van der Waals surface area (Å²) >= 11 is 0. The molecular weight excluding hydrogens is 637 g/mol. The smallest absolute Gasteiger partial charge is 0.132 e. The van der Waals surface area contributed by atoms with Crippen LogP contribution in [-0.4, -0.2) is 9.55 Å². The summed E-state index contributed by atoms with van der Waals surface area (Å²) in [4.78, 5) is 4.66. The summed E-state index contributed by atoms with van der Waals surface area (Å²) in [5.74, 6) is 3.30. The quantitative estimate of drug-likeness (QED) is 0.188. The highest BCUT2D eigenvalue weighted by Gasteiger charge is 2.50. The van der Waals surface area contributed by atoms with Gasteiger partial charge in [0.25, 0.3) is 0 Å². The second kappa shape index (κ2) is 11.0. The van der Waals surface area contributed by atoms with Crippen LogP contribution in [0, 0.1) is 0 Å².